The van der Waals surface area contributed by atoms with E-state index in [0.29, 0.717) is 12.4 Å². The first-order valence-corrected chi connectivity index (χ1v) is 8.87. The molecule has 2 heterocycles. The molecule has 1 N–H and O–H groups in total. The zero-order valence-electron chi connectivity index (χ0n) is 15.6. The van der Waals surface area contributed by atoms with Gasteiger partial charge in [-0.05, 0) is 19.1 Å². The number of aromatic nitrogens is 3. The summed E-state index contributed by atoms with van der Waals surface area (Å²) in [4.78, 5) is 25.7. The van der Waals surface area contributed by atoms with E-state index in [1.54, 1.807) is 31.2 Å². The first-order valence-electron chi connectivity index (χ1n) is 8.87. The SMILES string of the molecule is CCOc1ccccc1C(=O)N1CC(F)(F)C[C@H]1Cn1cc(C(=O)NC)nn1. The highest BCUT2D eigenvalue weighted by Gasteiger charge is 2.47. The maximum Gasteiger partial charge on any atom is 0.273 e. The average molecular weight is 393 g/mol. The van der Waals surface area contributed by atoms with E-state index in [0.717, 1.165) is 4.90 Å². The number of hydrogen-bond acceptors (Lipinski definition) is 5. The van der Waals surface area contributed by atoms with Gasteiger partial charge < -0.3 is 15.0 Å². The van der Waals surface area contributed by atoms with E-state index in [4.69, 9.17) is 4.74 Å². The zero-order valence-corrected chi connectivity index (χ0v) is 15.6. The smallest absolute Gasteiger partial charge is 0.273 e. The number of carbonyl (C=O) groups is 2. The van der Waals surface area contributed by atoms with Crippen molar-refractivity contribution in [1.82, 2.24) is 25.2 Å². The minimum Gasteiger partial charge on any atom is -0.493 e. The van der Waals surface area contributed by atoms with Gasteiger partial charge in [0.05, 0.1) is 37.5 Å². The number of alkyl halides is 2. The number of hydrogen-bond donors (Lipinski definition) is 1. The van der Waals surface area contributed by atoms with Crippen LogP contribution < -0.4 is 10.1 Å². The number of likely N-dealkylation sites (tertiary alicyclic amines) is 1. The average Bonchev–Trinajstić information content (AvgIpc) is 3.25. The molecule has 2 aromatic rings. The van der Waals surface area contributed by atoms with Crippen molar-refractivity contribution >= 4 is 11.8 Å². The van der Waals surface area contributed by atoms with Gasteiger partial charge in [-0.15, -0.1) is 5.10 Å². The number of rotatable bonds is 6. The fraction of sp³-hybridized carbons (Fsp3) is 0.444. The highest BCUT2D eigenvalue weighted by Crippen LogP contribution is 2.35. The molecule has 1 aliphatic rings. The van der Waals surface area contributed by atoms with E-state index in [1.807, 2.05) is 0 Å². The Bertz CT molecular complexity index is 870. The highest BCUT2D eigenvalue weighted by atomic mass is 19.3. The second kappa shape index (κ2) is 7.91. The molecule has 1 saturated heterocycles. The fourth-order valence-corrected chi connectivity index (χ4v) is 3.21. The van der Waals surface area contributed by atoms with E-state index in [9.17, 15) is 18.4 Å². The number of carbonyl (C=O) groups excluding carboxylic acids is 2. The summed E-state index contributed by atoms with van der Waals surface area (Å²) < 4.78 is 35.0. The van der Waals surface area contributed by atoms with Crippen LogP contribution >= 0.6 is 0 Å². The van der Waals surface area contributed by atoms with E-state index >= 15 is 0 Å². The molecule has 150 valence electrons. The van der Waals surface area contributed by atoms with E-state index in [2.05, 4.69) is 15.6 Å². The van der Waals surface area contributed by atoms with Gasteiger partial charge in [0.25, 0.3) is 17.7 Å². The summed E-state index contributed by atoms with van der Waals surface area (Å²) >= 11 is 0. The Kier molecular flexibility index (Phi) is 5.57. The lowest BCUT2D eigenvalue weighted by Gasteiger charge is -2.24. The minimum atomic E-state index is -3.01. The van der Waals surface area contributed by atoms with Crippen LogP contribution in [0.5, 0.6) is 5.75 Å². The molecule has 8 nitrogen and oxygen atoms in total. The number of nitrogens with one attached hydrogen (secondary N) is 1. The Hall–Kier alpha value is -3.04. The molecule has 1 aromatic heterocycles. The summed E-state index contributed by atoms with van der Waals surface area (Å²) in [7, 11) is 1.45. The van der Waals surface area contributed by atoms with Gasteiger partial charge in [-0.25, -0.2) is 13.5 Å². The summed E-state index contributed by atoms with van der Waals surface area (Å²) in [6, 6.07) is 5.77. The van der Waals surface area contributed by atoms with Crippen LogP contribution in [0.3, 0.4) is 0 Å². The molecular formula is C18H21F2N5O3. The Morgan fingerprint density at radius 2 is 2.11 bits per heavy atom. The van der Waals surface area contributed by atoms with Crippen molar-refractivity contribution in [2.45, 2.75) is 31.9 Å². The van der Waals surface area contributed by atoms with Crippen molar-refractivity contribution in [3.63, 3.8) is 0 Å². The number of amides is 2. The summed E-state index contributed by atoms with van der Waals surface area (Å²) in [5, 5.41) is 9.94. The molecule has 0 radical (unpaired) electrons. The Labute approximate surface area is 160 Å². The quantitative estimate of drug-likeness (QED) is 0.805. The van der Waals surface area contributed by atoms with Crippen LogP contribution in [-0.4, -0.2) is 63.9 Å². The van der Waals surface area contributed by atoms with Gasteiger partial charge in [0, 0.05) is 13.5 Å². The maximum atomic E-state index is 14.1. The van der Waals surface area contributed by atoms with Crippen LogP contribution in [0, 0.1) is 0 Å². The van der Waals surface area contributed by atoms with Crippen molar-refractivity contribution in [3.05, 3.63) is 41.7 Å². The van der Waals surface area contributed by atoms with Crippen molar-refractivity contribution < 1.29 is 23.1 Å². The molecule has 1 fully saturated rings. The number of para-hydroxylation sites is 1. The van der Waals surface area contributed by atoms with Crippen LogP contribution in [0.15, 0.2) is 30.5 Å². The maximum absolute atomic E-state index is 14.1. The fourth-order valence-electron chi connectivity index (χ4n) is 3.21. The van der Waals surface area contributed by atoms with Crippen LogP contribution in [0.2, 0.25) is 0 Å². The summed E-state index contributed by atoms with van der Waals surface area (Å²) in [6.07, 6.45) is 0.872. The lowest BCUT2D eigenvalue weighted by atomic mass is 10.1. The Balaban J connectivity index is 1.83. The molecule has 0 saturated carbocycles. The predicted octanol–water partition coefficient (Wildman–Crippen LogP) is 1.59. The van der Waals surface area contributed by atoms with E-state index in [-0.39, 0.29) is 17.8 Å². The van der Waals surface area contributed by atoms with Crippen LogP contribution in [0.1, 0.15) is 34.2 Å². The monoisotopic (exact) mass is 393 g/mol. The molecular weight excluding hydrogens is 372 g/mol. The summed E-state index contributed by atoms with van der Waals surface area (Å²) in [5.41, 5.74) is 0.309. The predicted molar refractivity (Wildman–Crippen MR) is 95.4 cm³/mol. The third-order valence-electron chi connectivity index (χ3n) is 4.45. The standard InChI is InChI=1S/C18H21F2N5O3/c1-3-28-15-7-5-4-6-13(15)17(27)25-11-18(19,20)8-12(25)9-24-10-14(22-23-24)16(26)21-2/h4-7,10,12H,3,8-9,11H2,1-2H3,(H,21,26)/t12-/m0/s1. The number of halogens is 2. The second-order valence-corrected chi connectivity index (χ2v) is 6.48. The third-order valence-corrected chi connectivity index (χ3v) is 4.45. The molecule has 10 heteroatoms. The van der Waals surface area contributed by atoms with Crippen molar-refractivity contribution in [1.29, 1.82) is 0 Å². The number of nitrogens with zero attached hydrogens (tertiary/aromatic N) is 4. The lowest BCUT2D eigenvalue weighted by Crippen LogP contribution is -2.39. The molecule has 3 rings (SSSR count). The van der Waals surface area contributed by atoms with Crippen molar-refractivity contribution in [2.75, 3.05) is 20.2 Å². The number of benzene rings is 1. The molecule has 2 amide bonds. The number of ether oxygens (including phenoxy) is 1. The van der Waals surface area contributed by atoms with Crippen LogP contribution in [-0.2, 0) is 6.54 Å². The molecule has 28 heavy (non-hydrogen) atoms. The van der Waals surface area contributed by atoms with Gasteiger partial charge in [0.1, 0.15) is 5.75 Å². The molecule has 1 aliphatic heterocycles. The largest absolute Gasteiger partial charge is 0.493 e. The summed E-state index contributed by atoms with van der Waals surface area (Å²) in [6.45, 7) is 1.45. The molecule has 1 aromatic carbocycles. The van der Waals surface area contributed by atoms with Gasteiger partial charge in [-0.3, -0.25) is 9.59 Å². The lowest BCUT2D eigenvalue weighted by molar-refractivity contribution is 0.0117. The van der Waals surface area contributed by atoms with Crippen LogP contribution in [0.25, 0.3) is 0 Å². The highest BCUT2D eigenvalue weighted by molar-refractivity contribution is 5.97. The minimum absolute atomic E-state index is 0.00211. The topological polar surface area (TPSA) is 89.4 Å². The molecule has 1 atom stereocenters. The second-order valence-electron chi connectivity index (χ2n) is 6.48. The van der Waals surface area contributed by atoms with Gasteiger partial charge in [0.2, 0.25) is 0 Å². The summed E-state index contributed by atoms with van der Waals surface area (Å²) in [5.74, 6) is -3.61. The molecule has 0 unspecified atom stereocenters. The van der Waals surface area contributed by atoms with Gasteiger partial charge in [-0.1, -0.05) is 17.3 Å². The zero-order chi connectivity index (χ0) is 20.3. The van der Waals surface area contributed by atoms with Crippen LogP contribution in [0.4, 0.5) is 8.78 Å². The third kappa shape index (κ3) is 4.10. The van der Waals surface area contributed by atoms with Gasteiger partial charge in [-0.2, -0.15) is 0 Å². The molecule has 0 bridgehead atoms. The Morgan fingerprint density at radius 3 is 2.82 bits per heavy atom. The van der Waals surface area contributed by atoms with Crippen molar-refractivity contribution in [3.8, 4) is 5.75 Å². The molecule has 0 aliphatic carbocycles. The Morgan fingerprint density at radius 1 is 1.36 bits per heavy atom. The molecule has 0 spiro atoms. The van der Waals surface area contributed by atoms with Gasteiger partial charge in [0.15, 0.2) is 5.69 Å². The van der Waals surface area contributed by atoms with Crippen molar-refractivity contribution in [2.24, 2.45) is 0 Å². The van der Waals surface area contributed by atoms with Gasteiger partial charge >= 0.3 is 0 Å². The first kappa shape index (κ1) is 19.7. The van der Waals surface area contributed by atoms with E-state index < -0.39 is 36.7 Å². The first-order chi connectivity index (χ1) is 13.3. The normalized spacial score (nSPS) is 18.1. The van der Waals surface area contributed by atoms with E-state index in [1.165, 1.54) is 17.9 Å².